The molecule has 2 rings (SSSR count). The summed E-state index contributed by atoms with van der Waals surface area (Å²) in [6.45, 7) is 3.22. The quantitative estimate of drug-likeness (QED) is 0.731. The Bertz CT molecular complexity index is 453. The molecule has 0 amide bonds. The number of nitrogens with one attached hydrogen (secondary N) is 2. The topological polar surface area (TPSA) is 60.9 Å². The van der Waals surface area contributed by atoms with E-state index < -0.39 is 6.10 Å². The van der Waals surface area contributed by atoms with Crippen LogP contribution in [-0.2, 0) is 6.54 Å². The number of aliphatic hydroxyl groups is 1. The number of benzene rings is 1. The van der Waals surface area contributed by atoms with E-state index in [9.17, 15) is 5.11 Å². The number of rotatable bonds is 5. The Balaban J connectivity index is 1.85. The van der Waals surface area contributed by atoms with Crippen LogP contribution in [0.4, 0.5) is 0 Å². The zero-order valence-electron chi connectivity index (χ0n) is 9.85. The van der Waals surface area contributed by atoms with Crippen molar-refractivity contribution >= 4 is 0 Å². The molecule has 0 spiro atoms. The van der Waals surface area contributed by atoms with Crippen molar-refractivity contribution in [3.05, 3.63) is 53.3 Å². The summed E-state index contributed by atoms with van der Waals surface area (Å²) in [6.07, 6.45) is 1.24. The maximum absolute atomic E-state index is 10.0. The number of aliphatic hydroxyl groups excluding tert-OH is 1. The van der Waals surface area contributed by atoms with Crippen LogP contribution >= 0.6 is 0 Å². The third kappa shape index (κ3) is 3.15. The normalized spacial score (nSPS) is 12.6. The lowest BCUT2D eigenvalue weighted by atomic mass is 10.0. The second-order valence-corrected chi connectivity index (χ2v) is 4.09. The van der Waals surface area contributed by atoms with Crippen LogP contribution in [0.2, 0.25) is 0 Å². The third-order valence-electron chi connectivity index (χ3n) is 2.76. The summed E-state index contributed by atoms with van der Waals surface area (Å²) in [5, 5.41) is 20.0. The molecule has 0 saturated heterocycles. The number of aryl methyl sites for hydroxylation is 1. The van der Waals surface area contributed by atoms with Crippen molar-refractivity contribution in [3.63, 3.8) is 0 Å². The van der Waals surface area contributed by atoms with Gasteiger partial charge in [0.05, 0.1) is 6.10 Å². The molecule has 0 bridgehead atoms. The minimum Gasteiger partial charge on any atom is -0.387 e. The van der Waals surface area contributed by atoms with Crippen LogP contribution in [0.1, 0.15) is 22.9 Å². The molecule has 1 heterocycles. The highest BCUT2D eigenvalue weighted by Crippen LogP contribution is 2.16. The number of hydrogen-bond acceptors (Lipinski definition) is 3. The molecule has 0 aliphatic rings. The lowest BCUT2D eigenvalue weighted by molar-refractivity contribution is 0.173. The molecule has 1 atom stereocenters. The van der Waals surface area contributed by atoms with Gasteiger partial charge in [-0.2, -0.15) is 5.10 Å². The van der Waals surface area contributed by atoms with Crippen LogP contribution in [0.3, 0.4) is 0 Å². The summed E-state index contributed by atoms with van der Waals surface area (Å²) in [4.78, 5) is 0. The Morgan fingerprint density at radius 3 is 2.88 bits per heavy atom. The zero-order chi connectivity index (χ0) is 12.1. The number of hydrogen-bond donors (Lipinski definition) is 3. The second kappa shape index (κ2) is 5.61. The Morgan fingerprint density at radius 2 is 2.18 bits per heavy atom. The van der Waals surface area contributed by atoms with E-state index in [0.29, 0.717) is 13.1 Å². The fraction of sp³-hybridized carbons (Fsp3) is 0.308. The third-order valence-corrected chi connectivity index (χ3v) is 2.76. The van der Waals surface area contributed by atoms with Gasteiger partial charge in [0.1, 0.15) is 0 Å². The smallest absolute Gasteiger partial charge is 0.0917 e. The first-order valence-corrected chi connectivity index (χ1v) is 5.70. The van der Waals surface area contributed by atoms with Crippen molar-refractivity contribution in [2.75, 3.05) is 6.54 Å². The van der Waals surface area contributed by atoms with E-state index in [4.69, 9.17) is 0 Å². The Morgan fingerprint density at radius 1 is 1.35 bits per heavy atom. The van der Waals surface area contributed by atoms with Gasteiger partial charge in [-0.05, 0) is 24.1 Å². The molecule has 4 nitrogen and oxygen atoms in total. The largest absolute Gasteiger partial charge is 0.387 e. The van der Waals surface area contributed by atoms with Gasteiger partial charge in [-0.1, -0.05) is 24.3 Å². The molecule has 0 aliphatic carbocycles. The van der Waals surface area contributed by atoms with Gasteiger partial charge in [0.25, 0.3) is 0 Å². The van der Waals surface area contributed by atoms with E-state index in [1.807, 2.05) is 37.3 Å². The SMILES string of the molecule is Cc1ccccc1C(O)CNCc1ccn[nH]1. The monoisotopic (exact) mass is 231 g/mol. The van der Waals surface area contributed by atoms with Crippen molar-refractivity contribution in [2.45, 2.75) is 19.6 Å². The average molecular weight is 231 g/mol. The van der Waals surface area contributed by atoms with E-state index in [0.717, 1.165) is 16.8 Å². The molecule has 1 unspecified atom stereocenters. The first kappa shape index (κ1) is 11.8. The number of aromatic nitrogens is 2. The Hall–Kier alpha value is -1.65. The second-order valence-electron chi connectivity index (χ2n) is 4.09. The van der Waals surface area contributed by atoms with E-state index in [1.54, 1.807) is 6.20 Å². The molecule has 0 radical (unpaired) electrons. The molecular weight excluding hydrogens is 214 g/mol. The Labute approximate surface area is 101 Å². The van der Waals surface area contributed by atoms with Gasteiger partial charge in [-0.15, -0.1) is 0 Å². The van der Waals surface area contributed by atoms with Gasteiger partial charge in [-0.25, -0.2) is 0 Å². The van der Waals surface area contributed by atoms with Gasteiger partial charge >= 0.3 is 0 Å². The molecular formula is C13H17N3O. The Kier molecular flexibility index (Phi) is 3.90. The van der Waals surface area contributed by atoms with Crippen LogP contribution in [0.25, 0.3) is 0 Å². The first-order valence-electron chi connectivity index (χ1n) is 5.70. The standard InChI is InChI=1S/C13H17N3O/c1-10-4-2-3-5-12(10)13(17)9-14-8-11-6-7-15-16-11/h2-7,13-14,17H,8-9H2,1H3,(H,15,16). The highest BCUT2D eigenvalue weighted by molar-refractivity contribution is 5.27. The van der Waals surface area contributed by atoms with Crippen molar-refractivity contribution in [1.82, 2.24) is 15.5 Å². The van der Waals surface area contributed by atoms with Crippen LogP contribution in [0.15, 0.2) is 36.5 Å². The summed E-state index contributed by atoms with van der Waals surface area (Å²) in [5.74, 6) is 0. The number of H-pyrrole nitrogens is 1. The molecule has 0 saturated carbocycles. The number of aromatic amines is 1. The molecule has 1 aromatic heterocycles. The molecule has 1 aromatic carbocycles. The van der Waals surface area contributed by atoms with Crippen LogP contribution < -0.4 is 5.32 Å². The van der Waals surface area contributed by atoms with Gasteiger partial charge in [0.2, 0.25) is 0 Å². The minimum atomic E-state index is -0.473. The molecule has 90 valence electrons. The zero-order valence-corrected chi connectivity index (χ0v) is 9.85. The lowest BCUT2D eigenvalue weighted by Gasteiger charge is -2.14. The highest BCUT2D eigenvalue weighted by atomic mass is 16.3. The predicted molar refractivity (Wildman–Crippen MR) is 66.4 cm³/mol. The van der Waals surface area contributed by atoms with E-state index in [-0.39, 0.29) is 0 Å². The molecule has 0 aliphatic heterocycles. The molecule has 4 heteroatoms. The summed E-state index contributed by atoms with van der Waals surface area (Å²) in [5.41, 5.74) is 3.11. The van der Waals surface area contributed by atoms with Gasteiger partial charge < -0.3 is 10.4 Å². The fourth-order valence-electron chi connectivity index (χ4n) is 1.80. The fourth-order valence-corrected chi connectivity index (χ4v) is 1.80. The molecule has 3 N–H and O–H groups in total. The van der Waals surface area contributed by atoms with Crippen molar-refractivity contribution in [3.8, 4) is 0 Å². The molecule has 2 aromatic rings. The predicted octanol–water partition coefficient (Wildman–Crippen LogP) is 1.54. The summed E-state index contributed by atoms with van der Waals surface area (Å²) < 4.78 is 0. The van der Waals surface area contributed by atoms with Crippen LogP contribution in [-0.4, -0.2) is 21.8 Å². The highest BCUT2D eigenvalue weighted by Gasteiger charge is 2.08. The van der Waals surface area contributed by atoms with Crippen LogP contribution in [0, 0.1) is 6.92 Å². The average Bonchev–Trinajstić information content (AvgIpc) is 2.82. The molecule has 0 fully saturated rings. The minimum absolute atomic E-state index is 0.473. The lowest BCUT2D eigenvalue weighted by Crippen LogP contribution is -2.21. The summed E-state index contributed by atoms with van der Waals surface area (Å²) in [6, 6.07) is 9.79. The summed E-state index contributed by atoms with van der Waals surface area (Å²) >= 11 is 0. The number of nitrogens with zero attached hydrogens (tertiary/aromatic N) is 1. The van der Waals surface area contributed by atoms with Gasteiger partial charge in [-0.3, -0.25) is 5.10 Å². The van der Waals surface area contributed by atoms with Crippen molar-refractivity contribution < 1.29 is 5.11 Å². The maximum atomic E-state index is 10.0. The maximum Gasteiger partial charge on any atom is 0.0917 e. The van der Waals surface area contributed by atoms with Crippen molar-refractivity contribution in [2.24, 2.45) is 0 Å². The first-order chi connectivity index (χ1) is 8.27. The van der Waals surface area contributed by atoms with E-state index in [2.05, 4.69) is 15.5 Å². The summed E-state index contributed by atoms with van der Waals surface area (Å²) in [7, 11) is 0. The van der Waals surface area contributed by atoms with Crippen LogP contribution in [0.5, 0.6) is 0 Å². The van der Waals surface area contributed by atoms with E-state index >= 15 is 0 Å². The van der Waals surface area contributed by atoms with Crippen molar-refractivity contribution in [1.29, 1.82) is 0 Å². The van der Waals surface area contributed by atoms with Gasteiger partial charge in [0, 0.05) is 25.0 Å². The molecule has 17 heavy (non-hydrogen) atoms. The van der Waals surface area contributed by atoms with E-state index in [1.165, 1.54) is 0 Å². The van der Waals surface area contributed by atoms with Gasteiger partial charge in [0.15, 0.2) is 0 Å².